The summed E-state index contributed by atoms with van der Waals surface area (Å²) in [6.45, 7) is 8.52. The van der Waals surface area contributed by atoms with E-state index in [1.165, 1.54) is 37.3 Å². The maximum absolute atomic E-state index is 6.92. The predicted molar refractivity (Wildman–Crippen MR) is 95.5 cm³/mol. The molecule has 0 saturated heterocycles. The summed E-state index contributed by atoms with van der Waals surface area (Å²) in [4.78, 5) is 6.92. The monoisotopic (exact) mass is 300 g/mol. The average Bonchev–Trinajstić information content (AvgIpc) is 2.51. The maximum atomic E-state index is 6.92. The molecule has 2 aromatic carbocycles. The fourth-order valence-corrected chi connectivity index (χ4v) is 2.24. The van der Waals surface area contributed by atoms with Gasteiger partial charge < -0.3 is 4.89 Å². The Morgan fingerprint density at radius 1 is 1.00 bits per heavy atom. The molecule has 0 heterocycles. The Morgan fingerprint density at radius 3 is 2.24 bits per heavy atom. The highest BCUT2D eigenvalue weighted by Gasteiger charge is 2.01. The SMILES string of the molecule is C=C(CCc1ccc(C)cc1)Cc1ccccc1C.OP. The fourth-order valence-electron chi connectivity index (χ4n) is 2.24. The van der Waals surface area contributed by atoms with Crippen LogP contribution in [0.2, 0.25) is 0 Å². The molecule has 0 amide bonds. The second-order valence-electron chi connectivity index (χ2n) is 5.34. The van der Waals surface area contributed by atoms with Gasteiger partial charge in [0, 0.05) is 0 Å². The number of allylic oxidation sites excluding steroid dienone is 1. The molecule has 0 aliphatic rings. The Labute approximate surface area is 131 Å². The molecule has 2 rings (SSSR count). The van der Waals surface area contributed by atoms with Gasteiger partial charge in [-0.05, 0) is 59.3 Å². The second kappa shape index (κ2) is 9.50. The van der Waals surface area contributed by atoms with E-state index >= 15 is 0 Å². The molecule has 1 nitrogen and oxygen atoms in total. The third kappa shape index (κ3) is 6.25. The second-order valence-corrected chi connectivity index (χ2v) is 5.34. The van der Waals surface area contributed by atoms with Gasteiger partial charge in [0.1, 0.15) is 0 Å². The molecule has 0 bridgehead atoms. The summed E-state index contributed by atoms with van der Waals surface area (Å²) >= 11 is 0. The smallest absolute Gasteiger partial charge is 0.00391 e. The molecule has 21 heavy (non-hydrogen) atoms. The van der Waals surface area contributed by atoms with Crippen molar-refractivity contribution in [1.29, 1.82) is 0 Å². The third-order valence-electron chi connectivity index (χ3n) is 3.59. The molecule has 0 spiro atoms. The quantitative estimate of drug-likeness (QED) is 0.621. The fraction of sp³-hybridized carbons (Fsp3) is 0.263. The van der Waals surface area contributed by atoms with Crippen LogP contribution in [-0.4, -0.2) is 4.89 Å². The molecule has 0 saturated carbocycles. The summed E-state index contributed by atoms with van der Waals surface area (Å²) in [6, 6.07) is 17.4. The molecule has 0 aliphatic heterocycles. The van der Waals surface area contributed by atoms with Crippen molar-refractivity contribution in [2.75, 3.05) is 0 Å². The van der Waals surface area contributed by atoms with Gasteiger partial charge in [0.05, 0.1) is 0 Å². The third-order valence-corrected chi connectivity index (χ3v) is 3.59. The first-order valence-electron chi connectivity index (χ1n) is 7.17. The van der Waals surface area contributed by atoms with Crippen LogP contribution in [0.25, 0.3) is 0 Å². The molecule has 2 aromatic rings. The van der Waals surface area contributed by atoms with E-state index in [-0.39, 0.29) is 0 Å². The summed E-state index contributed by atoms with van der Waals surface area (Å²) < 4.78 is 0. The van der Waals surface area contributed by atoms with E-state index < -0.39 is 0 Å². The highest BCUT2D eigenvalue weighted by atomic mass is 31.0. The van der Waals surface area contributed by atoms with Gasteiger partial charge in [-0.15, -0.1) is 0 Å². The molecule has 1 atom stereocenters. The van der Waals surface area contributed by atoms with Crippen molar-refractivity contribution in [3.05, 3.63) is 82.9 Å². The standard InChI is InChI=1S/C19H22.H3OP/c1-15-8-11-18(12-9-15)13-10-16(2)14-19-7-5-4-6-17(19)3;1-2/h4-9,11-12H,2,10,13-14H2,1,3H3;1H,2H2. The molecule has 2 heteroatoms. The van der Waals surface area contributed by atoms with Crippen molar-refractivity contribution < 1.29 is 4.89 Å². The first-order valence-corrected chi connectivity index (χ1v) is 7.69. The topological polar surface area (TPSA) is 20.2 Å². The van der Waals surface area contributed by atoms with Gasteiger partial charge in [0.15, 0.2) is 0 Å². The van der Waals surface area contributed by atoms with E-state index in [1.54, 1.807) is 0 Å². The van der Waals surface area contributed by atoms with E-state index in [2.05, 4.69) is 69.0 Å². The van der Waals surface area contributed by atoms with Crippen molar-refractivity contribution in [1.82, 2.24) is 0 Å². The van der Waals surface area contributed by atoms with Crippen LogP contribution >= 0.6 is 9.47 Å². The van der Waals surface area contributed by atoms with Gasteiger partial charge in [-0.2, -0.15) is 0 Å². The Hall–Kier alpha value is -1.43. The molecule has 0 aliphatic carbocycles. The Kier molecular flexibility index (Phi) is 7.97. The van der Waals surface area contributed by atoms with Crippen LogP contribution in [0.4, 0.5) is 0 Å². The van der Waals surface area contributed by atoms with Crippen LogP contribution in [0.3, 0.4) is 0 Å². The number of hydrogen-bond donors (Lipinski definition) is 1. The van der Waals surface area contributed by atoms with Crippen LogP contribution in [0.1, 0.15) is 28.7 Å². The lowest BCUT2D eigenvalue weighted by Crippen LogP contribution is -1.95. The molecule has 112 valence electrons. The summed E-state index contributed by atoms with van der Waals surface area (Å²) in [7, 11) is 1.42. The Bertz CT molecular complexity index is 558. The zero-order chi connectivity index (χ0) is 15.7. The van der Waals surface area contributed by atoms with Crippen molar-refractivity contribution in [3.8, 4) is 0 Å². The van der Waals surface area contributed by atoms with Gasteiger partial charge in [-0.25, -0.2) is 0 Å². The molecule has 0 fully saturated rings. The van der Waals surface area contributed by atoms with E-state index in [9.17, 15) is 0 Å². The minimum absolute atomic E-state index is 0.999. The highest BCUT2D eigenvalue weighted by Crippen LogP contribution is 2.16. The zero-order valence-electron chi connectivity index (χ0n) is 13.0. The van der Waals surface area contributed by atoms with E-state index in [0.29, 0.717) is 0 Å². The van der Waals surface area contributed by atoms with Gasteiger partial charge in [0.2, 0.25) is 0 Å². The Morgan fingerprint density at radius 2 is 1.62 bits per heavy atom. The van der Waals surface area contributed by atoms with E-state index in [0.717, 1.165) is 19.3 Å². The van der Waals surface area contributed by atoms with Gasteiger partial charge >= 0.3 is 0 Å². The summed E-state index contributed by atoms with van der Waals surface area (Å²) in [5, 5.41) is 0. The van der Waals surface area contributed by atoms with Crippen LogP contribution < -0.4 is 0 Å². The van der Waals surface area contributed by atoms with Crippen LogP contribution in [0.15, 0.2) is 60.7 Å². The predicted octanol–water partition coefficient (Wildman–Crippen LogP) is 4.80. The minimum Gasteiger partial charge on any atom is -0.380 e. The first kappa shape index (κ1) is 17.6. The Balaban J connectivity index is 0.00000106. The van der Waals surface area contributed by atoms with Crippen LogP contribution in [0.5, 0.6) is 0 Å². The van der Waals surface area contributed by atoms with Crippen molar-refractivity contribution >= 4 is 9.47 Å². The molecule has 1 unspecified atom stereocenters. The molecular weight excluding hydrogens is 275 g/mol. The zero-order valence-corrected chi connectivity index (χ0v) is 14.1. The highest BCUT2D eigenvalue weighted by molar-refractivity contribution is 7.08. The first-order chi connectivity index (χ1) is 10.1. The van der Waals surface area contributed by atoms with Crippen molar-refractivity contribution in [2.24, 2.45) is 0 Å². The van der Waals surface area contributed by atoms with Gasteiger partial charge in [-0.3, -0.25) is 0 Å². The minimum atomic E-state index is 0.999. The normalized spacial score (nSPS) is 9.71. The molecule has 0 aromatic heterocycles. The lowest BCUT2D eigenvalue weighted by Gasteiger charge is -2.09. The molecule has 0 radical (unpaired) electrons. The molecular formula is C19H25OP. The van der Waals surface area contributed by atoms with Gasteiger partial charge in [-0.1, -0.05) is 66.2 Å². The number of rotatable bonds is 5. The van der Waals surface area contributed by atoms with E-state index in [4.69, 9.17) is 4.89 Å². The average molecular weight is 300 g/mol. The lowest BCUT2D eigenvalue weighted by atomic mass is 9.97. The molecule has 1 N–H and O–H groups in total. The maximum Gasteiger partial charge on any atom is -0.00391 e. The van der Waals surface area contributed by atoms with E-state index in [1.807, 2.05) is 0 Å². The van der Waals surface area contributed by atoms with Crippen LogP contribution in [-0.2, 0) is 12.8 Å². The summed E-state index contributed by atoms with van der Waals surface area (Å²) in [6.07, 6.45) is 3.15. The number of aryl methyl sites for hydroxylation is 3. The summed E-state index contributed by atoms with van der Waals surface area (Å²) in [5.74, 6) is 0. The van der Waals surface area contributed by atoms with Gasteiger partial charge in [0.25, 0.3) is 0 Å². The van der Waals surface area contributed by atoms with Crippen molar-refractivity contribution in [2.45, 2.75) is 33.1 Å². The van der Waals surface area contributed by atoms with Crippen molar-refractivity contribution in [3.63, 3.8) is 0 Å². The summed E-state index contributed by atoms with van der Waals surface area (Å²) in [5.41, 5.74) is 6.80. The largest absolute Gasteiger partial charge is 0.380 e. The number of hydrogen-bond acceptors (Lipinski definition) is 1. The number of benzene rings is 2. The lowest BCUT2D eigenvalue weighted by molar-refractivity contribution is 0.664. The van der Waals surface area contributed by atoms with Crippen LogP contribution in [0, 0.1) is 13.8 Å².